The quantitative estimate of drug-likeness (QED) is 0.886. The van der Waals surface area contributed by atoms with E-state index >= 15 is 0 Å². The Hall–Kier alpha value is -1.86. The summed E-state index contributed by atoms with van der Waals surface area (Å²) >= 11 is 0. The molecule has 0 heterocycles. The summed E-state index contributed by atoms with van der Waals surface area (Å²) in [6, 6.07) is 7.45. The highest BCUT2D eigenvalue weighted by Gasteiger charge is 2.25. The molecule has 0 atom stereocenters. The molecule has 1 saturated carbocycles. The maximum Gasteiger partial charge on any atom is 0.227 e. The Morgan fingerprint density at radius 2 is 2.10 bits per heavy atom. The van der Waals surface area contributed by atoms with E-state index < -0.39 is 0 Å². The molecule has 0 unspecified atom stereocenters. The molecule has 106 valence electrons. The SMILES string of the molecule is Cc1ccc(C#N)cc1NC(=O)C1CCC(CN)CC1. The van der Waals surface area contributed by atoms with Crippen molar-refractivity contribution >= 4 is 11.6 Å². The number of hydrogen-bond donors (Lipinski definition) is 2. The number of amides is 1. The van der Waals surface area contributed by atoms with Crippen LogP contribution in [0.5, 0.6) is 0 Å². The second kappa shape index (κ2) is 6.53. The lowest BCUT2D eigenvalue weighted by Gasteiger charge is -2.27. The Bertz CT molecular complexity index is 525. The molecule has 0 spiro atoms. The first-order valence-electron chi connectivity index (χ1n) is 7.15. The molecule has 0 aromatic heterocycles. The van der Waals surface area contributed by atoms with Crippen LogP contribution in [0.25, 0.3) is 0 Å². The number of nitrogens with one attached hydrogen (secondary N) is 1. The van der Waals surface area contributed by atoms with Gasteiger partial charge in [0.25, 0.3) is 0 Å². The van der Waals surface area contributed by atoms with E-state index in [2.05, 4.69) is 11.4 Å². The van der Waals surface area contributed by atoms with Crippen LogP contribution in [0.3, 0.4) is 0 Å². The van der Waals surface area contributed by atoms with Gasteiger partial charge in [-0.15, -0.1) is 0 Å². The van der Waals surface area contributed by atoms with Crippen LogP contribution in [-0.2, 0) is 4.79 Å². The van der Waals surface area contributed by atoms with E-state index in [1.165, 1.54) is 0 Å². The van der Waals surface area contributed by atoms with E-state index in [9.17, 15) is 4.79 Å². The van der Waals surface area contributed by atoms with Gasteiger partial charge in [0.1, 0.15) is 0 Å². The fourth-order valence-electron chi connectivity index (χ4n) is 2.72. The lowest BCUT2D eigenvalue weighted by molar-refractivity contribution is -0.121. The first-order valence-corrected chi connectivity index (χ1v) is 7.15. The van der Waals surface area contributed by atoms with Crippen molar-refractivity contribution in [2.24, 2.45) is 17.6 Å². The smallest absolute Gasteiger partial charge is 0.227 e. The Kier molecular flexibility index (Phi) is 4.75. The average Bonchev–Trinajstić information content (AvgIpc) is 2.49. The van der Waals surface area contributed by atoms with Crippen LogP contribution < -0.4 is 11.1 Å². The Labute approximate surface area is 120 Å². The number of nitrogens with zero attached hydrogens (tertiary/aromatic N) is 1. The molecule has 1 aliphatic carbocycles. The van der Waals surface area contributed by atoms with E-state index in [1.54, 1.807) is 12.1 Å². The highest BCUT2D eigenvalue weighted by atomic mass is 16.1. The lowest BCUT2D eigenvalue weighted by atomic mass is 9.81. The van der Waals surface area contributed by atoms with Gasteiger partial charge in [-0.05, 0) is 62.8 Å². The topological polar surface area (TPSA) is 78.9 Å². The molecule has 2 rings (SSSR count). The minimum Gasteiger partial charge on any atom is -0.330 e. The van der Waals surface area contributed by atoms with Gasteiger partial charge >= 0.3 is 0 Å². The van der Waals surface area contributed by atoms with Crippen molar-refractivity contribution in [3.8, 4) is 6.07 Å². The third-order valence-electron chi connectivity index (χ3n) is 4.18. The minimum atomic E-state index is 0.0682. The van der Waals surface area contributed by atoms with E-state index in [4.69, 9.17) is 11.0 Å². The highest BCUT2D eigenvalue weighted by molar-refractivity contribution is 5.93. The Balaban J connectivity index is 2.00. The molecule has 0 saturated heterocycles. The third kappa shape index (κ3) is 3.37. The molecule has 0 radical (unpaired) electrons. The molecule has 3 N–H and O–H groups in total. The van der Waals surface area contributed by atoms with Crippen LogP contribution in [0.2, 0.25) is 0 Å². The zero-order valence-electron chi connectivity index (χ0n) is 11.9. The molecule has 1 aliphatic rings. The number of nitrogens with two attached hydrogens (primary N) is 1. The summed E-state index contributed by atoms with van der Waals surface area (Å²) in [4.78, 5) is 12.3. The second-order valence-electron chi connectivity index (χ2n) is 5.58. The first kappa shape index (κ1) is 14.5. The third-order valence-corrected chi connectivity index (χ3v) is 4.18. The molecule has 0 aliphatic heterocycles. The van der Waals surface area contributed by atoms with Gasteiger partial charge in [-0.2, -0.15) is 5.26 Å². The average molecular weight is 271 g/mol. The largest absolute Gasteiger partial charge is 0.330 e. The van der Waals surface area contributed by atoms with E-state index in [1.807, 2.05) is 13.0 Å². The van der Waals surface area contributed by atoms with E-state index in [0.29, 0.717) is 11.5 Å². The van der Waals surface area contributed by atoms with Gasteiger partial charge in [0, 0.05) is 11.6 Å². The standard InChI is InChI=1S/C16H21N3O/c1-11-2-3-13(10-18)8-15(11)19-16(20)14-6-4-12(9-17)5-7-14/h2-3,8,12,14H,4-7,9,17H2,1H3,(H,19,20). The number of anilines is 1. The molecular formula is C16H21N3O. The zero-order valence-corrected chi connectivity index (χ0v) is 11.9. The van der Waals surface area contributed by atoms with Crippen molar-refractivity contribution in [2.45, 2.75) is 32.6 Å². The normalized spacial score (nSPS) is 22.1. The summed E-state index contributed by atoms with van der Waals surface area (Å²) in [5.41, 5.74) is 7.96. The van der Waals surface area contributed by atoms with E-state index in [-0.39, 0.29) is 11.8 Å². The summed E-state index contributed by atoms with van der Waals surface area (Å²) in [7, 11) is 0. The van der Waals surface area contributed by atoms with Crippen LogP contribution >= 0.6 is 0 Å². The maximum absolute atomic E-state index is 12.3. The summed E-state index contributed by atoms with van der Waals surface area (Å²) in [6.45, 7) is 2.65. The summed E-state index contributed by atoms with van der Waals surface area (Å²) in [6.07, 6.45) is 3.88. The van der Waals surface area contributed by atoms with Crippen LogP contribution in [0.1, 0.15) is 36.8 Å². The number of carbonyl (C=O) groups is 1. The molecule has 4 heteroatoms. The Morgan fingerprint density at radius 3 is 2.70 bits per heavy atom. The van der Waals surface area contributed by atoms with Gasteiger partial charge < -0.3 is 11.1 Å². The minimum absolute atomic E-state index is 0.0682. The highest BCUT2D eigenvalue weighted by Crippen LogP contribution is 2.29. The lowest BCUT2D eigenvalue weighted by Crippen LogP contribution is -2.29. The van der Waals surface area contributed by atoms with E-state index in [0.717, 1.165) is 43.5 Å². The Morgan fingerprint density at radius 1 is 1.40 bits per heavy atom. The predicted octanol–water partition coefficient (Wildman–Crippen LogP) is 2.57. The number of rotatable bonds is 3. The van der Waals surface area contributed by atoms with Crippen molar-refractivity contribution in [3.05, 3.63) is 29.3 Å². The number of benzene rings is 1. The molecular weight excluding hydrogens is 250 g/mol. The van der Waals surface area contributed by atoms with Crippen LogP contribution in [0.15, 0.2) is 18.2 Å². The van der Waals surface area contributed by atoms with Crippen LogP contribution in [-0.4, -0.2) is 12.5 Å². The fourth-order valence-corrected chi connectivity index (χ4v) is 2.72. The molecule has 20 heavy (non-hydrogen) atoms. The summed E-state index contributed by atoms with van der Waals surface area (Å²) in [5.74, 6) is 0.712. The molecule has 1 aromatic carbocycles. The van der Waals surface area contributed by atoms with Crippen LogP contribution in [0, 0.1) is 30.1 Å². The molecule has 1 fully saturated rings. The molecule has 4 nitrogen and oxygen atoms in total. The van der Waals surface area contributed by atoms with Crippen molar-refractivity contribution in [3.63, 3.8) is 0 Å². The summed E-state index contributed by atoms with van der Waals surface area (Å²) in [5, 5.41) is 11.9. The van der Waals surface area contributed by atoms with Gasteiger partial charge in [0.2, 0.25) is 5.91 Å². The van der Waals surface area contributed by atoms with Crippen LogP contribution in [0.4, 0.5) is 5.69 Å². The van der Waals surface area contributed by atoms with Crippen molar-refractivity contribution in [1.29, 1.82) is 5.26 Å². The van der Waals surface area contributed by atoms with Gasteiger partial charge in [0.15, 0.2) is 0 Å². The molecule has 1 aromatic rings. The summed E-state index contributed by atoms with van der Waals surface area (Å²) < 4.78 is 0. The van der Waals surface area contributed by atoms with Gasteiger partial charge in [-0.1, -0.05) is 6.07 Å². The van der Waals surface area contributed by atoms with Gasteiger partial charge in [-0.25, -0.2) is 0 Å². The molecule has 1 amide bonds. The van der Waals surface area contributed by atoms with Gasteiger partial charge in [0.05, 0.1) is 11.6 Å². The van der Waals surface area contributed by atoms with Crippen molar-refractivity contribution in [1.82, 2.24) is 0 Å². The maximum atomic E-state index is 12.3. The first-order chi connectivity index (χ1) is 9.63. The number of carbonyl (C=O) groups excluding carboxylic acids is 1. The number of aryl methyl sites for hydroxylation is 1. The second-order valence-corrected chi connectivity index (χ2v) is 5.58. The fraction of sp³-hybridized carbons (Fsp3) is 0.500. The number of nitriles is 1. The zero-order chi connectivity index (χ0) is 14.5. The van der Waals surface area contributed by atoms with Crippen molar-refractivity contribution in [2.75, 3.05) is 11.9 Å². The molecule has 0 bridgehead atoms. The van der Waals surface area contributed by atoms with Crippen molar-refractivity contribution < 1.29 is 4.79 Å². The number of hydrogen-bond acceptors (Lipinski definition) is 3. The predicted molar refractivity (Wildman–Crippen MR) is 79.0 cm³/mol. The monoisotopic (exact) mass is 271 g/mol. The van der Waals surface area contributed by atoms with Gasteiger partial charge in [-0.3, -0.25) is 4.79 Å².